The van der Waals surface area contributed by atoms with Gasteiger partial charge in [-0.1, -0.05) is 0 Å². The van der Waals surface area contributed by atoms with Crippen LogP contribution in [-0.4, -0.2) is 43.2 Å². The maximum absolute atomic E-state index is 12.7. The summed E-state index contributed by atoms with van der Waals surface area (Å²) in [7, 11) is 0. The Labute approximate surface area is 117 Å². The zero-order chi connectivity index (χ0) is 13.2. The van der Waals surface area contributed by atoms with Crippen LogP contribution in [0.4, 0.5) is 13.2 Å². The Morgan fingerprint density at radius 2 is 1.95 bits per heavy atom. The molecule has 2 rings (SSSR count). The Balaban J connectivity index is 0.00000180. The SMILES string of the molecule is Cl.O=C(C1CCCNC1)N1CCCC(C(F)(F)F)C1. The zero-order valence-electron chi connectivity index (χ0n) is 10.7. The van der Waals surface area contributed by atoms with E-state index in [0.717, 1.165) is 19.4 Å². The highest BCUT2D eigenvalue weighted by Crippen LogP contribution is 2.33. The third kappa shape index (κ3) is 4.24. The number of piperidine rings is 2. The van der Waals surface area contributed by atoms with E-state index in [1.54, 1.807) is 0 Å². The number of carbonyl (C=O) groups excluding carboxylic acids is 1. The van der Waals surface area contributed by atoms with Crippen LogP contribution in [0.25, 0.3) is 0 Å². The summed E-state index contributed by atoms with van der Waals surface area (Å²) >= 11 is 0. The monoisotopic (exact) mass is 300 g/mol. The lowest BCUT2D eigenvalue weighted by atomic mass is 9.93. The second-order valence-electron chi connectivity index (χ2n) is 5.21. The van der Waals surface area contributed by atoms with Crippen LogP contribution in [0.2, 0.25) is 0 Å². The van der Waals surface area contributed by atoms with E-state index >= 15 is 0 Å². The van der Waals surface area contributed by atoms with Crippen molar-refractivity contribution in [1.82, 2.24) is 10.2 Å². The summed E-state index contributed by atoms with van der Waals surface area (Å²) in [6, 6.07) is 0. The van der Waals surface area contributed by atoms with Crippen LogP contribution in [0.3, 0.4) is 0 Å². The number of nitrogens with zero attached hydrogens (tertiary/aromatic N) is 1. The van der Waals surface area contributed by atoms with Crippen LogP contribution in [-0.2, 0) is 4.79 Å². The van der Waals surface area contributed by atoms with E-state index in [1.165, 1.54) is 4.90 Å². The highest BCUT2D eigenvalue weighted by molar-refractivity contribution is 5.85. The fraction of sp³-hybridized carbons (Fsp3) is 0.917. The number of amides is 1. The molecular formula is C12H20ClF3N2O. The van der Waals surface area contributed by atoms with Gasteiger partial charge in [0.1, 0.15) is 0 Å². The van der Waals surface area contributed by atoms with E-state index in [9.17, 15) is 18.0 Å². The molecule has 1 N–H and O–H groups in total. The van der Waals surface area contributed by atoms with Gasteiger partial charge in [0.05, 0.1) is 11.8 Å². The van der Waals surface area contributed by atoms with Gasteiger partial charge in [0, 0.05) is 19.6 Å². The minimum absolute atomic E-state index is 0. The Hall–Kier alpha value is -0.490. The predicted molar refractivity (Wildman–Crippen MR) is 68.2 cm³/mol. The fourth-order valence-corrected chi connectivity index (χ4v) is 2.77. The van der Waals surface area contributed by atoms with Gasteiger partial charge in [-0.2, -0.15) is 13.2 Å². The lowest BCUT2D eigenvalue weighted by Gasteiger charge is -2.36. The van der Waals surface area contributed by atoms with Crippen LogP contribution >= 0.6 is 12.4 Å². The average molecular weight is 301 g/mol. The van der Waals surface area contributed by atoms with E-state index in [1.807, 2.05) is 0 Å². The van der Waals surface area contributed by atoms with Crippen LogP contribution < -0.4 is 5.32 Å². The van der Waals surface area contributed by atoms with Crippen molar-refractivity contribution in [2.24, 2.45) is 11.8 Å². The Kier molecular flexibility index (Phi) is 5.92. The van der Waals surface area contributed by atoms with Gasteiger partial charge < -0.3 is 10.2 Å². The molecule has 0 radical (unpaired) electrons. The first-order valence-corrected chi connectivity index (χ1v) is 6.54. The van der Waals surface area contributed by atoms with Crippen molar-refractivity contribution in [2.45, 2.75) is 31.9 Å². The molecule has 1 amide bonds. The maximum atomic E-state index is 12.7. The molecule has 2 saturated heterocycles. The maximum Gasteiger partial charge on any atom is 0.393 e. The van der Waals surface area contributed by atoms with Gasteiger partial charge in [0.2, 0.25) is 5.91 Å². The number of halogens is 4. The molecule has 0 aromatic heterocycles. The van der Waals surface area contributed by atoms with Crippen LogP contribution in [0.5, 0.6) is 0 Å². The molecule has 19 heavy (non-hydrogen) atoms. The van der Waals surface area contributed by atoms with Crippen LogP contribution in [0.1, 0.15) is 25.7 Å². The van der Waals surface area contributed by atoms with Gasteiger partial charge in [-0.15, -0.1) is 12.4 Å². The fourth-order valence-electron chi connectivity index (χ4n) is 2.77. The van der Waals surface area contributed by atoms with E-state index in [2.05, 4.69) is 5.32 Å². The van der Waals surface area contributed by atoms with Crippen LogP contribution in [0.15, 0.2) is 0 Å². The lowest BCUT2D eigenvalue weighted by Crippen LogP contribution is -2.49. The Bertz CT molecular complexity index is 306. The van der Waals surface area contributed by atoms with E-state index in [0.29, 0.717) is 19.5 Å². The van der Waals surface area contributed by atoms with Crippen molar-refractivity contribution in [2.75, 3.05) is 26.2 Å². The number of hydrogen-bond acceptors (Lipinski definition) is 2. The molecular weight excluding hydrogens is 281 g/mol. The first kappa shape index (κ1) is 16.6. The third-order valence-electron chi connectivity index (χ3n) is 3.84. The van der Waals surface area contributed by atoms with Gasteiger partial charge >= 0.3 is 6.18 Å². The summed E-state index contributed by atoms with van der Waals surface area (Å²) in [4.78, 5) is 13.6. The molecule has 0 saturated carbocycles. The number of carbonyl (C=O) groups is 1. The average Bonchev–Trinajstić information content (AvgIpc) is 2.38. The molecule has 0 aromatic carbocycles. The zero-order valence-corrected chi connectivity index (χ0v) is 11.5. The second kappa shape index (κ2) is 6.79. The minimum Gasteiger partial charge on any atom is -0.342 e. The topological polar surface area (TPSA) is 32.3 Å². The molecule has 112 valence electrons. The standard InChI is InChI=1S/C12H19F3N2O.ClH/c13-12(14,15)10-4-2-6-17(8-10)11(18)9-3-1-5-16-7-9;/h9-10,16H,1-8H2;1H. The first-order valence-electron chi connectivity index (χ1n) is 6.54. The molecule has 0 aliphatic carbocycles. The second-order valence-corrected chi connectivity index (χ2v) is 5.21. The van der Waals surface area contributed by atoms with Gasteiger partial charge in [-0.3, -0.25) is 4.79 Å². The molecule has 0 aromatic rings. The number of alkyl halides is 3. The summed E-state index contributed by atoms with van der Waals surface area (Å²) in [6.07, 6.45) is -1.86. The predicted octanol–water partition coefficient (Wildman–Crippen LogP) is 2.21. The number of likely N-dealkylation sites (tertiary alicyclic amines) is 1. The van der Waals surface area contributed by atoms with Crippen molar-refractivity contribution in [3.05, 3.63) is 0 Å². The third-order valence-corrected chi connectivity index (χ3v) is 3.84. The highest BCUT2D eigenvalue weighted by atomic mass is 35.5. The lowest BCUT2D eigenvalue weighted by molar-refractivity contribution is -0.188. The largest absolute Gasteiger partial charge is 0.393 e. The summed E-state index contributed by atoms with van der Waals surface area (Å²) < 4.78 is 38.0. The first-order chi connectivity index (χ1) is 8.48. The van der Waals surface area contributed by atoms with Gasteiger partial charge in [-0.05, 0) is 32.2 Å². The molecule has 0 bridgehead atoms. The van der Waals surface area contributed by atoms with Gasteiger partial charge in [-0.25, -0.2) is 0 Å². The molecule has 2 atom stereocenters. The molecule has 2 aliphatic rings. The molecule has 2 fully saturated rings. The summed E-state index contributed by atoms with van der Waals surface area (Å²) in [6.45, 7) is 1.82. The quantitative estimate of drug-likeness (QED) is 0.805. The Morgan fingerprint density at radius 3 is 2.53 bits per heavy atom. The smallest absolute Gasteiger partial charge is 0.342 e. The number of hydrogen-bond donors (Lipinski definition) is 1. The van der Waals surface area contributed by atoms with E-state index in [-0.39, 0.29) is 37.2 Å². The molecule has 7 heteroatoms. The normalized spacial score (nSPS) is 28.7. The minimum atomic E-state index is -4.18. The van der Waals surface area contributed by atoms with Crippen molar-refractivity contribution >= 4 is 18.3 Å². The molecule has 3 nitrogen and oxygen atoms in total. The van der Waals surface area contributed by atoms with Gasteiger partial charge in [0.25, 0.3) is 0 Å². The van der Waals surface area contributed by atoms with Crippen molar-refractivity contribution in [3.63, 3.8) is 0 Å². The van der Waals surface area contributed by atoms with Crippen molar-refractivity contribution < 1.29 is 18.0 Å². The highest BCUT2D eigenvalue weighted by Gasteiger charge is 2.43. The Morgan fingerprint density at radius 1 is 1.21 bits per heavy atom. The summed E-state index contributed by atoms with van der Waals surface area (Å²) in [5.74, 6) is -1.58. The summed E-state index contributed by atoms with van der Waals surface area (Å²) in [5.41, 5.74) is 0. The van der Waals surface area contributed by atoms with E-state index in [4.69, 9.17) is 0 Å². The molecule has 0 spiro atoms. The number of nitrogens with one attached hydrogen (secondary N) is 1. The van der Waals surface area contributed by atoms with Crippen LogP contribution in [0, 0.1) is 11.8 Å². The van der Waals surface area contributed by atoms with Crippen molar-refractivity contribution in [1.29, 1.82) is 0 Å². The van der Waals surface area contributed by atoms with E-state index < -0.39 is 12.1 Å². The molecule has 2 heterocycles. The van der Waals surface area contributed by atoms with Crippen molar-refractivity contribution in [3.8, 4) is 0 Å². The molecule has 2 unspecified atom stereocenters. The summed E-state index contributed by atoms with van der Waals surface area (Å²) in [5, 5.41) is 3.13. The molecule has 2 aliphatic heterocycles. The van der Waals surface area contributed by atoms with Gasteiger partial charge in [0.15, 0.2) is 0 Å². The number of rotatable bonds is 1.